The fraction of sp³-hybridized carbons (Fsp3) is 0.118. The number of hydrogen-bond donors (Lipinski definition) is 1. The standard InChI is InChI=1S/C17H13ClN2O2S2/c1-9-3-5-11(7-14(9)18)20-16(22)13(15(21)19-17(20)23)8-12-6-4-10(2)24-12/h3-8H,1-2H3,(H,19,21,23). The molecule has 4 nitrogen and oxygen atoms in total. The molecule has 1 saturated heterocycles. The molecule has 7 heteroatoms. The summed E-state index contributed by atoms with van der Waals surface area (Å²) >= 11 is 12.8. The van der Waals surface area contributed by atoms with Crippen molar-refractivity contribution in [2.75, 3.05) is 4.90 Å². The Morgan fingerprint density at radius 3 is 2.58 bits per heavy atom. The molecule has 0 aliphatic carbocycles. The molecule has 0 unspecified atom stereocenters. The number of halogens is 1. The van der Waals surface area contributed by atoms with Gasteiger partial charge in [0, 0.05) is 14.8 Å². The van der Waals surface area contributed by atoms with Gasteiger partial charge in [-0.1, -0.05) is 17.7 Å². The Hall–Kier alpha value is -2.02. The largest absolute Gasteiger partial charge is 0.298 e. The van der Waals surface area contributed by atoms with Crippen molar-refractivity contribution in [2.24, 2.45) is 0 Å². The molecular formula is C17H13ClN2O2S2. The molecule has 2 aromatic rings. The summed E-state index contributed by atoms with van der Waals surface area (Å²) in [4.78, 5) is 28.2. The van der Waals surface area contributed by atoms with Crippen molar-refractivity contribution in [3.63, 3.8) is 0 Å². The molecule has 24 heavy (non-hydrogen) atoms. The molecule has 1 N–H and O–H groups in total. The zero-order chi connectivity index (χ0) is 17.4. The summed E-state index contributed by atoms with van der Waals surface area (Å²) in [6.07, 6.45) is 1.58. The van der Waals surface area contributed by atoms with Crippen LogP contribution in [0.3, 0.4) is 0 Å². The van der Waals surface area contributed by atoms with E-state index in [2.05, 4.69) is 5.32 Å². The van der Waals surface area contributed by atoms with Crippen molar-refractivity contribution in [2.45, 2.75) is 13.8 Å². The Morgan fingerprint density at radius 1 is 1.21 bits per heavy atom. The van der Waals surface area contributed by atoms with E-state index in [9.17, 15) is 9.59 Å². The van der Waals surface area contributed by atoms with Crippen molar-refractivity contribution in [1.82, 2.24) is 5.32 Å². The highest BCUT2D eigenvalue weighted by molar-refractivity contribution is 7.80. The van der Waals surface area contributed by atoms with Crippen molar-refractivity contribution >= 4 is 63.8 Å². The molecule has 0 radical (unpaired) electrons. The summed E-state index contributed by atoms with van der Waals surface area (Å²) in [5.74, 6) is -0.958. The van der Waals surface area contributed by atoms with Crippen LogP contribution in [0.1, 0.15) is 15.3 Å². The van der Waals surface area contributed by atoms with Crippen LogP contribution in [0.5, 0.6) is 0 Å². The predicted octanol–water partition coefficient (Wildman–Crippen LogP) is 3.85. The number of nitrogens with one attached hydrogen (secondary N) is 1. The highest BCUT2D eigenvalue weighted by Gasteiger charge is 2.34. The van der Waals surface area contributed by atoms with E-state index in [0.29, 0.717) is 10.7 Å². The van der Waals surface area contributed by atoms with Gasteiger partial charge in [-0.3, -0.25) is 19.8 Å². The second kappa shape index (κ2) is 6.47. The van der Waals surface area contributed by atoms with E-state index in [4.69, 9.17) is 23.8 Å². The molecule has 2 amide bonds. The number of carbonyl (C=O) groups excluding carboxylic acids is 2. The number of anilines is 1. The van der Waals surface area contributed by atoms with E-state index in [1.807, 2.05) is 26.0 Å². The van der Waals surface area contributed by atoms with Crippen LogP contribution in [0.4, 0.5) is 5.69 Å². The summed E-state index contributed by atoms with van der Waals surface area (Å²) in [5, 5.41) is 3.13. The molecule has 2 heterocycles. The maximum Gasteiger partial charge on any atom is 0.270 e. The van der Waals surface area contributed by atoms with Crippen molar-refractivity contribution < 1.29 is 9.59 Å². The van der Waals surface area contributed by atoms with Crippen LogP contribution < -0.4 is 10.2 Å². The van der Waals surface area contributed by atoms with E-state index in [0.717, 1.165) is 15.3 Å². The van der Waals surface area contributed by atoms with Crippen LogP contribution in [0.15, 0.2) is 35.9 Å². The highest BCUT2D eigenvalue weighted by atomic mass is 35.5. The van der Waals surface area contributed by atoms with Crippen LogP contribution in [0, 0.1) is 13.8 Å². The number of thiocarbonyl (C=S) groups is 1. The van der Waals surface area contributed by atoms with Gasteiger partial charge in [0.25, 0.3) is 11.8 Å². The Kier molecular flexibility index (Phi) is 4.54. The first-order valence-corrected chi connectivity index (χ1v) is 8.71. The second-order valence-corrected chi connectivity index (χ2v) is 7.45. The highest BCUT2D eigenvalue weighted by Crippen LogP contribution is 2.27. The van der Waals surface area contributed by atoms with Gasteiger partial charge in [-0.05, 0) is 62.0 Å². The van der Waals surface area contributed by atoms with Gasteiger partial charge in [-0.2, -0.15) is 0 Å². The third-order valence-corrected chi connectivity index (χ3v) is 5.20. The van der Waals surface area contributed by atoms with Gasteiger partial charge in [-0.25, -0.2) is 0 Å². The summed E-state index contributed by atoms with van der Waals surface area (Å²) in [5.41, 5.74) is 1.46. The van der Waals surface area contributed by atoms with Crippen molar-refractivity contribution in [1.29, 1.82) is 0 Å². The number of carbonyl (C=O) groups is 2. The topological polar surface area (TPSA) is 49.4 Å². The molecule has 1 aliphatic heterocycles. The minimum Gasteiger partial charge on any atom is -0.298 e. The van der Waals surface area contributed by atoms with E-state index < -0.39 is 11.8 Å². The molecule has 1 aliphatic rings. The van der Waals surface area contributed by atoms with Crippen molar-refractivity contribution in [3.8, 4) is 0 Å². The molecule has 0 saturated carbocycles. The molecule has 1 aromatic heterocycles. The third-order valence-electron chi connectivity index (χ3n) is 3.56. The Labute approximate surface area is 153 Å². The lowest BCUT2D eigenvalue weighted by Crippen LogP contribution is -2.54. The van der Waals surface area contributed by atoms with Crippen LogP contribution >= 0.6 is 35.2 Å². The smallest absolute Gasteiger partial charge is 0.270 e. The first-order chi connectivity index (χ1) is 11.4. The lowest BCUT2D eigenvalue weighted by molar-refractivity contribution is -0.122. The minimum atomic E-state index is -0.495. The number of nitrogens with zero attached hydrogens (tertiary/aromatic N) is 1. The summed E-state index contributed by atoms with van der Waals surface area (Å²) in [6, 6.07) is 9.01. The number of hydrogen-bond acceptors (Lipinski definition) is 4. The van der Waals surface area contributed by atoms with Gasteiger partial charge in [0.1, 0.15) is 5.57 Å². The predicted molar refractivity (Wildman–Crippen MR) is 101 cm³/mol. The maximum absolute atomic E-state index is 12.8. The molecule has 0 bridgehead atoms. The van der Waals surface area contributed by atoms with Gasteiger partial charge in [-0.15, -0.1) is 11.3 Å². The number of thiophene rings is 1. The van der Waals surface area contributed by atoms with E-state index in [1.54, 1.807) is 24.3 Å². The lowest BCUT2D eigenvalue weighted by atomic mass is 10.1. The van der Waals surface area contributed by atoms with Crippen LogP contribution in [-0.4, -0.2) is 16.9 Å². The Balaban J connectivity index is 2.02. The molecule has 0 spiro atoms. The van der Waals surface area contributed by atoms with Gasteiger partial charge < -0.3 is 0 Å². The quantitative estimate of drug-likeness (QED) is 0.492. The summed E-state index contributed by atoms with van der Waals surface area (Å²) < 4.78 is 0. The molecule has 1 aromatic carbocycles. The zero-order valence-electron chi connectivity index (χ0n) is 12.9. The van der Waals surface area contributed by atoms with Gasteiger partial charge in [0.05, 0.1) is 5.69 Å². The average Bonchev–Trinajstić information content (AvgIpc) is 2.92. The normalized spacial score (nSPS) is 16.7. The molecule has 0 atom stereocenters. The van der Waals surface area contributed by atoms with Gasteiger partial charge in [0.2, 0.25) is 0 Å². The summed E-state index contributed by atoms with van der Waals surface area (Å²) in [6.45, 7) is 3.83. The number of aryl methyl sites for hydroxylation is 2. The first-order valence-electron chi connectivity index (χ1n) is 7.11. The Morgan fingerprint density at radius 2 is 1.96 bits per heavy atom. The SMILES string of the molecule is Cc1ccc(C=C2C(=O)NC(=S)N(c3ccc(C)c(Cl)c3)C2=O)s1. The maximum atomic E-state index is 12.8. The Bertz CT molecular complexity index is 902. The first kappa shape index (κ1) is 16.8. The van der Waals surface area contributed by atoms with Gasteiger partial charge in [0.15, 0.2) is 5.11 Å². The van der Waals surface area contributed by atoms with Crippen molar-refractivity contribution in [3.05, 3.63) is 56.2 Å². The monoisotopic (exact) mass is 376 g/mol. The van der Waals surface area contributed by atoms with Crippen LogP contribution in [0.25, 0.3) is 6.08 Å². The molecule has 1 fully saturated rings. The molecule has 3 rings (SSSR count). The summed E-state index contributed by atoms with van der Waals surface area (Å²) in [7, 11) is 0. The van der Waals surface area contributed by atoms with E-state index >= 15 is 0 Å². The molecule has 122 valence electrons. The van der Waals surface area contributed by atoms with Crippen LogP contribution in [-0.2, 0) is 9.59 Å². The average molecular weight is 377 g/mol. The molecular weight excluding hydrogens is 364 g/mol. The second-order valence-electron chi connectivity index (χ2n) is 5.34. The van der Waals surface area contributed by atoms with Crippen LogP contribution in [0.2, 0.25) is 5.02 Å². The fourth-order valence-electron chi connectivity index (χ4n) is 2.29. The number of amides is 2. The fourth-order valence-corrected chi connectivity index (χ4v) is 3.56. The zero-order valence-corrected chi connectivity index (χ0v) is 15.3. The number of rotatable bonds is 2. The van der Waals surface area contributed by atoms with Gasteiger partial charge >= 0.3 is 0 Å². The minimum absolute atomic E-state index is 0.0437. The van der Waals surface area contributed by atoms with E-state index in [-0.39, 0.29) is 10.7 Å². The van der Waals surface area contributed by atoms with E-state index in [1.165, 1.54) is 16.2 Å². The lowest BCUT2D eigenvalue weighted by Gasteiger charge is -2.29. The third kappa shape index (κ3) is 3.13. The number of benzene rings is 1.